The number of hydrogen-bond acceptors (Lipinski definition) is 2. The van der Waals surface area contributed by atoms with Gasteiger partial charge in [0.25, 0.3) is 0 Å². The second-order valence-electron chi connectivity index (χ2n) is 5.31. The van der Waals surface area contributed by atoms with E-state index >= 15 is 0 Å². The molecule has 1 aromatic heterocycles. The highest BCUT2D eigenvalue weighted by Gasteiger charge is 2.27. The van der Waals surface area contributed by atoms with E-state index in [0.717, 1.165) is 21.1 Å². The molecule has 1 aliphatic carbocycles. The van der Waals surface area contributed by atoms with Crippen LogP contribution in [0.4, 0.5) is 5.69 Å². The highest BCUT2D eigenvalue weighted by molar-refractivity contribution is 9.10. The smallest absolute Gasteiger partial charge is 0.0635 e. The number of anilines is 1. The van der Waals surface area contributed by atoms with Gasteiger partial charge in [-0.15, -0.1) is 11.3 Å². The fourth-order valence-electron chi connectivity index (χ4n) is 2.95. The molecule has 4 heteroatoms. The maximum Gasteiger partial charge on any atom is 0.0635 e. The molecule has 20 heavy (non-hydrogen) atoms. The van der Waals surface area contributed by atoms with Crippen molar-refractivity contribution in [2.75, 3.05) is 5.32 Å². The van der Waals surface area contributed by atoms with Crippen LogP contribution < -0.4 is 5.32 Å². The first-order valence-electron chi connectivity index (χ1n) is 6.99. The van der Waals surface area contributed by atoms with Crippen molar-refractivity contribution >= 4 is 44.6 Å². The number of rotatable bonds is 4. The number of nitrogens with one attached hydrogen (secondary N) is 1. The van der Waals surface area contributed by atoms with Crippen LogP contribution in [-0.4, -0.2) is 0 Å². The van der Waals surface area contributed by atoms with Gasteiger partial charge in [0.15, 0.2) is 0 Å². The second-order valence-corrected chi connectivity index (χ2v) is 7.58. The SMILES string of the molecule is Clc1ccc(NC(c2cccs2)C2CCCC2)c(Br)c1. The number of thiophene rings is 1. The molecule has 0 aliphatic heterocycles. The third kappa shape index (κ3) is 3.21. The number of hydrogen-bond donors (Lipinski definition) is 1. The molecule has 1 saturated carbocycles. The van der Waals surface area contributed by atoms with E-state index in [1.807, 2.05) is 23.5 Å². The van der Waals surface area contributed by atoms with Crippen LogP contribution in [0, 0.1) is 5.92 Å². The van der Waals surface area contributed by atoms with Crippen molar-refractivity contribution in [3.8, 4) is 0 Å². The van der Waals surface area contributed by atoms with E-state index in [2.05, 4.69) is 44.8 Å². The minimum absolute atomic E-state index is 0.412. The lowest BCUT2D eigenvalue weighted by Crippen LogP contribution is -2.18. The van der Waals surface area contributed by atoms with Crippen molar-refractivity contribution in [2.24, 2.45) is 5.92 Å². The van der Waals surface area contributed by atoms with Crippen molar-refractivity contribution in [2.45, 2.75) is 31.7 Å². The Morgan fingerprint density at radius 2 is 2.05 bits per heavy atom. The Balaban J connectivity index is 1.86. The van der Waals surface area contributed by atoms with E-state index in [-0.39, 0.29) is 0 Å². The first kappa shape index (κ1) is 14.4. The Kier molecular flexibility index (Phi) is 4.69. The van der Waals surface area contributed by atoms with E-state index in [1.165, 1.54) is 30.6 Å². The number of halogens is 2. The predicted molar refractivity (Wildman–Crippen MR) is 91.8 cm³/mol. The highest BCUT2D eigenvalue weighted by Crippen LogP contribution is 2.40. The summed E-state index contributed by atoms with van der Waals surface area (Å²) in [6.07, 6.45) is 5.35. The zero-order valence-corrected chi connectivity index (χ0v) is 14.3. The third-order valence-corrected chi connectivity index (χ3v) is 5.81. The van der Waals surface area contributed by atoms with Crippen molar-refractivity contribution < 1.29 is 0 Å². The Labute approximate surface area is 137 Å². The molecule has 1 aliphatic rings. The van der Waals surface area contributed by atoms with Gasteiger partial charge in [-0.2, -0.15) is 0 Å². The van der Waals surface area contributed by atoms with Gasteiger partial charge in [0.1, 0.15) is 0 Å². The van der Waals surface area contributed by atoms with Crippen LogP contribution in [-0.2, 0) is 0 Å². The zero-order valence-electron chi connectivity index (χ0n) is 11.1. The Hall–Kier alpha value is -0.510. The molecule has 0 spiro atoms. The third-order valence-electron chi connectivity index (χ3n) is 3.96. The standard InChI is InChI=1S/C16H17BrClNS/c17-13-10-12(18)7-8-14(13)19-16(11-4-1-2-5-11)15-6-3-9-20-15/h3,6-11,16,19H,1-2,4-5H2. The maximum atomic E-state index is 6.02. The van der Waals surface area contributed by atoms with E-state index in [4.69, 9.17) is 11.6 Å². The molecule has 1 atom stereocenters. The van der Waals surface area contributed by atoms with Crippen LogP contribution >= 0.6 is 38.9 Å². The van der Waals surface area contributed by atoms with Crippen LogP contribution in [0.2, 0.25) is 5.02 Å². The molecule has 1 fully saturated rings. The molecular formula is C16H17BrClNS. The zero-order chi connectivity index (χ0) is 13.9. The second kappa shape index (κ2) is 6.50. The topological polar surface area (TPSA) is 12.0 Å². The van der Waals surface area contributed by atoms with Crippen LogP contribution in [0.3, 0.4) is 0 Å². The summed E-state index contributed by atoms with van der Waals surface area (Å²) in [7, 11) is 0. The van der Waals surface area contributed by atoms with Gasteiger partial charge < -0.3 is 5.32 Å². The van der Waals surface area contributed by atoms with Crippen molar-refractivity contribution in [1.29, 1.82) is 0 Å². The average Bonchev–Trinajstić information content (AvgIpc) is 3.11. The Morgan fingerprint density at radius 1 is 1.25 bits per heavy atom. The van der Waals surface area contributed by atoms with E-state index in [0.29, 0.717) is 6.04 Å². The summed E-state index contributed by atoms with van der Waals surface area (Å²) in [6, 6.07) is 10.7. The van der Waals surface area contributed by atoms with Crippen LogP contribution in [0.5, 0.6) is 0 Å². The Bertz CT molecular complexity index is 564. The summed E-state index contributed by atoms with van der Waals surface area (Å²) in [4.78, 5) is 1.43. The van der Waals surface area contributed by atoms with Gasteiger partial charge in [0.2, 0.25) is 0 Å². The van der Waals surface area contributed by atoms with Crippen LogP contribution in [0.1, 0.15) is 36.6 Å². The summed E-state index contributed by atoms with van der Waals surface area (Å²) >= 11 is 11.5. The summed E-state index contributed by atoms with van der Waals surface area (Å²) in [6.45, 7) is 0. The lowest BCUT2D eigenvalue weighted by atomic mass is 9.96. The molecular weight excluding hydrogens is 354 g/mol. The van der Waals surface area contributed by atoms with Gasteiger partial charge in [0.05, 0.1) is 6.04 Å². The lowest BCUT2D eigenvalue weighted by Gasteiger charge is -2.25. The van der Waals surface area contributed by atoms with Gasteiger partial charge in [-0.05, 0) is 64.3 Å². The minimum Gasteiger partial charge on any atom is -0.376 e. The molecule has 1 heterocycles. The van der Waals surface area contributed by atoms with Gasteiger partial charge in [0, 0.05) is 20.1 Å². The molecule has 2 aromatic rings. The quantitative estimate of drug-likeness (QED) is 0.647. The molecule has 1 nitrogen and oxygen atoms in total. The van der Waals surface area contributed by atoms with Gasteiger partial charge >= 0.3 is 0 Å². The molecule has 3 rings (SSSR count). The van der Waals surface area contributed by atoms with Crippen molar-refractivity contribution in [1.82, 2.24) is 0 Å². The number of benzene rings is 1. The first-order chi connectivity index (χ1) is 9.74. The van der Waals surface area contributed by atoms with E-state index < -0.39 is 0 Å². The molecule has 1 aromatic carbocycles. The summed E-state index contributed by atoms with van der Waals surface area (Å²) in [5.41, 5.74) is 1.12. The van der Waals surface area contributed by atoms with Gasteiger partial charge in [-0.3, -0.25) is 0 Å². The fraction of sp³-hybridized carbons (Fsp3) is 0.375. The largest absolute Gasteiger partial charge is 0.376 e. The average molecular weight is 371 g/mol. The summed E-state index contributed by atoms with van der Waals surface area (Å²) < 4.78 is 1.03. The maximum absolute atomic E-state index is 6.02. The molecule has 0 radical (unpaired) electrons. The normalized spacial score (nSPS) is 17.3. The molecule has 0 bridgehead atoms. The molecule has 0 amide bonds. The van der Waals surface area contributed by atoms with Gasteiger partial charge in [-0.1, -0.05) is 30.5 Å². The molecule has 106 valence electrons. The van der Waals surface area contributed by atoms with E-state index in [9.17, 15) is 0 Å². The van der Waals surface area contributed by atoms with E-state index in [1.54, 1.807) is 0 Å². The van der Waals surface area contributed by atoms with Crippen molar-refractivity contribution in [3.05, 3.63) is 50.1 Å². The predicted octanol–water partition coefficient (Wildman–Crippen LogP) is 6.51. The van der Waals surface area contributed by atoms with Crippen LogP contribution in [0.15, 0.2) is 40.2 Å². The van der Waals surface area contributed by atoms with Crippen molar-refractivity contribution in [3.63, 3.8) is 0 Å². The Morgan fingerprint density at radius 3 is 2.70 bits per heavy atom. The summed E-state index contributed by atoms with van der Waals surface area (Å²) in [5, 5.41) is 6.65. The first-order valence-corrected chi connectivity index (χ1v) is 9.04. The monoisotopic (exact) mass is 369 g/mol. The highest BCUT2D eigenvalue weighted by atomic mass is 79.9. The molecule has 0 saturated heterocycles. The fourth-order valence-corrected chi connectivity index (χ4v) is 4.62. The molecule has 1 unspecified atom stereocenters. The summed E-state index contributed by atoms with van der Waals surface area (Å²) in [5.74, 6) is 0.733. The van der Waals surface area contributed by atoms with Crippen LogP contribution in [0.25, 0.3) is 0 Å². The minimum atomic E-state index is 0.412. The molecule has 1 N–H and O–H groups in total. The van der Waals surface area contributed by atoms with Gasteiger partial charge in [-0.25, -0.2) is 0 Å². The lowest BCUT2D eigenvalue weighted by molar-refractivity contribution is 0.475.